The summed E-state index contributed by atoms with van der Waals surface area (Å²) in [6, 6.07) is 1.28. The highest BCUT2D eigenvalue weighted by molar-refractivity contribution is 7.09. The van der Waals surface area contributed by atoms with Crippen molar-refractivity contribution < 1.29 is 9.84 Å². The predicted molar refractivity (Wildman–Crippen MR) is 104 cm³/mol. The van der Waals surface area contributed by atoms with Gasteiger partial charge in [-0.05, 0) is 45.1 Å². The highest BCUT2D eigenvalue weighted by Crippen LogP contribution is 2.36. The van der Waals surface area contributed by atoms with Crippen LogP contribution in [0.1, 0.15) is 62.1 Å². The van der Waals surface area contributed by atoms with Crippen molar-refractivity contribution >= 4 is 11.3 Å². The third-order valence-corrected chi connectivity index (χ3v) is 7.52. The van der Waals surface area contributed by atoms with E-state index in [4.69, 9.17) is 9.72 Å². The van der Waals surface area contributed by atoms with Crippen LogP contribution in [0.3, 0.4) is 0 Å². The van der Waals surface area contributed by atoms with Crippen molar-refractivity contribution in [2.24, 2.45) is 0 Å². The van der Waals surface area contributed by atoms with Gasteiger partial charge in [-0.15, -0.1) is 11.3 Å². The Morgan fingerprint density at radius 2 is 1.96 bits per heavy atom. The summed E-state index contributed by atoms with van der Waals surface area (Å²) in [5, 5.41) is 14.4. The Hall–Kier alpha value is -0.530. The van der Waals surface area contributed by atoms with Gasteiger partial charge in [0.05, 0.1) is 18.8 Å². The molecule has 1 aliphatic carbocycles. The van der Waals surface area contributed by atoms with E-state index < -0.39 is 5.60 Å². The molecule has 1 unspecified atom stereocenters. The van der Waals surface area contributed by atoms with Crippen LogP contribution >= 0.6 is 11.3 Å². The van der Waals surface area contributed by atoms with Crippen LogP contribution in [0.25, 0.3) is 0 Å². The first kappa shape index (κ1) is 18.8. The molecule has 3 heterocycles. The van der Waals surface area contributed by atoms with Gasteiger partial charge in [0.25, 0.3) is 0 Å². The van der Waals surface area contributed by atoms with Crippen LogP contribution in [0.5, 0.6) is 0 Å². The van der Waals surface area contributed by atoms with Gasteiger partial charge in [0.1, 0.15) is 10.6 Å². The molecule has 3 fully saturated rings. The Kier molecular flexibility index (Phi) is 5.96. The Bertz CT molecular complexity index is 579. The molecule has 0 amide bonds. The molecule has 0 spiro atoms. The van der Waals surface area contributed by atoms with E-state index in [0.29, 0.717) is 6.04 Å². The summed E-state index contributed by atoms with van der Waals surface area (Å²) in [4.78, 5) is 9.94. The third kappa shape index (κ3) is 3.99. The number of hydrogen-bond donors (Lipinski definition) is 1. The highest BCUT2D eigenvalue weighted by Gasteiger charge is 2.38. The van der Waals surface area contributed by atoms with E-state index in [1.165, 1.54) is 38.5 Å². The first-order valence-electron chi connectivity index (χ1n) is 10.3. The van der Waals surface area contributed by atoms with Crippen molar-refractivity contribution in [1.82, 2.24) is 14.8 Å². The zero-order valence-electron chi connectivity index (χ0n) is 16.0. The molecule has 0 bridgehead atoms. The lowest BCUT2D eigenvalue weighted by molar-refractivity contribution is -0.0379. The average Bonchev–Trinajstić information content (AvgIpc) is 3.39. The molecule has 4 rings (SSSR count). The smallest absolute Gasteiger partial charge is 0.110 e. The molecule has 6 heteroatoms. The largest absolute Gasteiger partial charge is 0.383 e. The maximum absolute atomic E-state index is 11.2. The number of thiazole rings is 1. The van der Waals surface area contributed by atoms with Crippen molar-refractivity contribution in [3.63, 3.8) is 0 Å². The molecule has 1 aromatic rings. The molecule has 0 aromatic carbocycles. The molecule has 2 aliphatic heterocycles. The molecule has 1 aromatic heterocycles. The first-order chi connectivity index (χ1) is 12.7. The number of rotatable bonds is 6. The predicted octanol–water partition coefficient (Wildman–Crippen LogP) is 2.98. The molecule has 26 heavy (non-hydrogen) atoms. The normalized spacial score (nSPS) is 28.2. The van der Waals surface area contributed by atoms with Crippen LogP contribution in [0.4, 0.5) is 0 Å². The lowest BCUT2D eigenvalue weighted by Gasteiger charge is -2.40. The fourth-order valence-electron chi connectivity index (χ4n) is 5.04. The standard InChI is InChI=1S/C20H33N3O2S/c1-25-14-17-7-4-10-23(17)13-19-21-18(15-26-19)20(24)8-11-22(12-9-20)16-5-2-3-6-16/h15-17,24H,2-14H2,1H3. The quantitative estimate of drug-likeness (QED) is 0.823. The van der Waals surface area contributed by atoms with E-state index >= 15 is 0 Å². The summed E-state index contributed by atoms with van der Waals surface area (Å²) >= 11 is 1.71. The molecule has 2 saturated heterocycles. The summed E-state index contributed by atoms with van der Waals surface area (Å²) in [5.74, 6) is 0. The minimum atomic E-state index is -0.721. The van der Waals surface area contributed by atoms with Crippen molar-refractivity contribution in [2.75, 3.05) is 33.4 Å². The molecule has 1 atom stereocenters. The fraction of sp³-hybridized carbons (Fsp3) is 0.850. The lowest BCUT2D eigenvalue weighted by atomic mass is 9.88. The Morgan fingerprint density at radius 1 is 1.19 bits per heavy atom. The van der Waals surface area contributed by atoms with Gasteiger partial charge >= 0.3 is 0 Å². The van der Waals surface area contributed by atoms with Crippen LogP contribution in [0.2, 0.25) is 0 Å². The van der Waals surface area contributed by atoms with E-state index in [9.17, 15) is 5.11 Å². The number of hydrogen-bond acceptors (Lipinski definition) is 6. The molecule has 146 valence electrons. The van der Waals surface area contributed by atoms with Gasteiger partial charge in [-0.2, -0.15) is 0 Å². The first-order valence-corrected chi connectivity index (χ1v) is 11.2. The number of methoxy groups -OCH3 is 1. The van der Waals surface area contributed by atoms with Crippen molar-refractivity contribution in [2.45, 2.75) is 75.6 Å². The summed E-state index contributed by atoms with van der Waals surface area (Å²) in [6.45, 7) is 4.85. The van der Waals surface area contributed by atoms with E-state index in [0.717, 1.165) is 62.4 Å². The second-order valence-corrected chi connectivity index (χ2v) is 9.30. The average molecular weight is 380 g/mol. The Balaban J connectivity index is 1.35. The van der Waals surface area contributed by atoms with E-state index in [1.807, 2.05) is 0 Å². The summed E-state index contributed by atoms with van der Waals surface area (Å²) in [6.07, 6.45) is 9.55. The second kappa shape index (κ2) is 8.23. The van der Waals surface area contributed by atoms with Crippen molar-refractivity contribution in [3.8, 4) is 0 Å². The molecule has 1 saturated carbocycles. The van der Waals surface area contributed by atoms with E-state index in [2.05, 4.69) is 15.2 Å². The highest BCUT2D eigenvalue weighted by atomic mass is 32.1. The van der Waals surface area contributed by atoms with Crippen LogP contribution in [-0.2, 0) is 16.9 Å². The van der Waals surface area contributed by atoms with Gasteiger partial charge in [-0.3, -0.25) is 4.90 Å². The van der Waals surface area contributed by atoms with Gasteiger partial charge in [0.2, 0.25) is 0 Å². The minimum Gasteiger partial charge on any atom is -0.383 e. The third-order valence-electron chi connectivity index (χ3n) is 6.69. The lowest BCUT2D eigenvalue weighted by Crippen LogP contribution is -2.46. The number of aliphatic hydroxyl groups is 1. The Labute approximate surface area is 161 Å². The number of piperidine rings is 1. The fourth-order valence-corrected chi connectivity index (χ4v) is 5.95. The molecular formula is C20H33N3O2S. The van der Waals surface area contributed by atoms with Crippen LogP contribution in [-0.4, -0.2) is 65.3 Å². The zero-order valence-corrected chi connectivity index (χ0v) is 16.8. The molecule has 5 nitrogen and oxygen atoms in total. The van der Waals surface area contributed by atoms with Gasteiger partial charge in [0, 0.05) is 37.7 Å². The van der Waals surface area contributed by atoms with E-state index in [-0.39, 0.29) is 0 Å². The van der Waals surface area contributed by atoms with Gasteiger partial charge in [0.15, 0.2) is 0 Å². The Morgan fingerprint density at radius 3 is 2.69 bits per heavy atom. The number of ether oxygens (including phenoxy) is 1. The van der Waals surface area contributed by atoms with Crippen molar-refractivity contribution in [1.29, 1.82) is 0 Å². The molecule has 0 radical (unpaired) electrons. The van der Waals surface area contributed by atoms with Crippen LogP contribution in [0.15, 0.2) is 5.38 Å². The summed E-state index contributed by atoms with van der Waals surface area (Å²) in [7, 11) is 1.78. The summed E-state index contributed by atoms with van der Waals surface area (Å²) < 4.78 is 5.36. The molecular weight excluding hydrogens is 346 g/mol. The van der Waals surface area contributed by atoms with Crippen molar-refractivity contribution in [3.05, 3.63) is 16.1 Å². The van der Waals surface area contributed by atoms with Gasteiger partial charge < -0.3 is 14.7 Å². The minimum absolute atomic E-state index is 0.519. The van der Waals surface area contributed by atoms with Gasteiger partial charge in [-0.25, -0.2) is 4.98 Å². The van der Waals surface area contributed by atoms with Crippen LogP contribution < -0.4 is 0 Å². The SMILES string of the molecule is COCC1CCCN1Cc1nc(C2(O)CCN(C3CCCC3)CC2)cs1. The zero-order chi connectivity index (χ0) is 18.0. The number of likely N-dealkylation sites (tertiary alicyclic amines) is 2. The van der Waals surface area contributed by atoms with E-state index in [1.54, 1.807) is 18.4 Å². The topological polar surface area (TPSA) is 48.8 Å². The van der Waals surface area contributed by atoms with Crippen LogP contribution in [0, 0.1) is 0 Å². The number of nitrogens with zero attached hydrogens (tertiary/aromatic N) is 3. The second-order valence-electron chi connectivity index (χ2n) is 8.35. The monoisotopic (exact) mass is 379 g/mol. The van der Waals surface area contributed by atoms with Gasteiger partial charge in [-0.1, -0.05) is 12.8 Å². The maximum atomic E-state index is 11.2. The number of aromatic nitrogens is 1. The summed E-state index contributed by atoms with van der Waals surface area (Å²) in [5.41, 5.74) is 0.187. The maximum Gasteiger partial charge on any atom is 0.110 e. The molecule has 3 aliphatic rings. The molecule has 1 N–H and O–H groups in total.